The molecule has 0 saturated heterocycles. The topological polar surface area (TPSA) is 3.01 Å². The van der Waals surface area contributed by atoms with Gasteiger partial charge in [0.05, 0.1) is 5.41 Å². The Balaban J connectivity index is 1.94. The number of rotatable bonds is 3. The van der Waals surface area contributed by atoms with Crippen molar-refractivity contribution in [2.75, 3.05) is 6.54 Å². The van der Waals surface area contributed by atoms with Crippen molar-refractivity contribution in [1.82, 2.24) is 0 Å². The lowest BCUT2D eigenvalue weighted by Gasteiger charge is -2.25. The first-order chi connectivity index (χ1) is 12.8. The highest BCUT2D eigenvalue weighted by Gasteiger charge is 2.47. The molecule has 0 saturated carbocycles. The van der Waals surface area contributed by atoms with Crippen LogP contribution in [0.4, 0.5) is 5.69 Å². The molecule has 0 fully saturated rings. The van der Waals surface area contributed by atoms with E-state index in [4.69, 9.17) is 0 Å². The van der Waals surface area contributed by atoms with Gasteiger partial charge < -0.3 is 0 Å². The van der Waals surface area contributed by atoms with E-state index in [9.17, 15) is 0 Å². The molecule has 0 spiro atoms. The van der Waals surface area contributed by atoms with Gasteiger partial charge in [0.2, 0.25) is 5.69 Å². The molecule has 1 nitrogen and oxygen atoms in total. The molecule has 2 aromatic rings. The fourth-order valence-corrected chi connectivity index (χ4v) is 5.44. The molecule has 2 aliphatic rings. The van der Waals surface area contributed by atoms with Gasteiger partial charge in [-0.25, -0.2) is 0 Å². The third kappa shape index (κ3) is 2.47. The van der Waals surface area contributed by atoms with Crippen LogP contribution in [-0.4, -0.2) is 16.8 Å². The van der Waals surface area contributed by atoms with Crippen molar-refractivity contribution < 1.29 is 4.58 Å². The van der Waals surface area contributed by atoms with Gasteiger partial charge in [0.25, 0.3) is 0 Å². The first-order valence-electron chi connectivity index (χ1n) is 10.4. The zero-order valence-corrected chi connectivity index (χ0v) is 17.6. The van der Waals surface area contributed by atoms with Gasteiger partial charge in [0, 0.05) is 29.0 Å². The summed E-state index contributed by atoms with van der Waals surface area (Å²) >= 11 is 0. The molecule has 0 radical (unpaired) electrons. The molecule has 1 heteroatoms. The molecule has 0 amide bonds. The van der Waals surface area contributed by atoms with Gasteiger partial charge in [-0.15, -0.1) is 0 Å². The van der Waals surface area contributed by atoms with E-state index in [1.54, 1.807) is 5.57 Å². The van der Waals surface area contributed by atoms with E-state index in [0.717, 1.165) is 13.0 Å². The monoisotopic (exact) mass is 358 g/mol. The quantitative estimate of drug-likeness (QED) is 0.551. The summed E-state index contributed by atoms with van der Waals surface area (Å²) in [6.07, 6.45) is 3.71. The highest BCUT2D eigenvalue weighted by molar-refractivity contribution is 6.04. The van der Waals surface area contributed by atoms with Gasteiger partial charge in [-0.1, -0.05) is 63.2 Å². The molecule has 1 heterocycles. The Bertz CT molecular complexity index is 956. The van der Waals surface area contributed by atoms with Crippen molar-refractivity contribution in [2.45, 2.75) is 64.7 Å². The molecule has 27 heavy (non-hydrogen) atoms. The summed E-state index contributed by atoms with van der Waals surface area (Å²) in [5, 5.41) is 0. The number of allylic oxidation sites excluding steroid dienone is 2. The third-order valence-electron chi connectivity index (χ3n) is 6.92. The molecule has 0 N–H and O–H groups in total. The fourth-order valence-electron chi connectivity index (χ4n) is 5.44. The Morgan fingerprint density at radius 3 is 2.15 bits per heavy atom. The normalized spacial score (nSPS) is 23.6. The second-order valence-corrected chi connectivity index (χ2v) is 9.04. The predicted octanol–water partition coefficient (Wildman–Crippen LogP) is 6.49. The number of hydrogen-bond donors (Lipinski definition) is 0. The summed E-state index contributed by atoms with van der Waals surface area (Å²) in [7, 11) is 0. The Hall–Kier alpha value is -2.15. The van der Waals surface area contributed by atoms with Crippen molar-refractivity contribution in [3.05, 3.63) is 76.9 Å². The molecule has 0 bridgehead atoms. The summed E-state index contributed by atoms with van der Waals surface area (Å²) in [6, 6.07) is 18.0. The molecule has 0 aromatic heterocycles. The van der Waals surface area contributed by atoms with Crippen molar-refractivity contribution in [2.24, 2.45) is 0 Å². The number of nitrogens with zero attached hydrogens (tertiary/aromatic N) is 1. The second-order valence-electron chi connectivity index (χ2n) is 9.04. The largest absolute Gasteiger partial charge is 0.209 e. The van der Waals surface area contributed by atoms with E-state index < -0.39 is 0 Å². The Morgan fingerprint density at radius 2 is 1.48 bits per heavy atom. The Morgan fingerprint density at radius 1 is 0.852 bits per heavy atom. The van der Waals surface area contributed by atoms with Crippen LogP contribution in [0, 0.1) is 0 Å². The van der Waals surface area contributed by atoms with Crippen LogP contribution in [0.5, 0.6) is 0 Å². The van der Waals surface area contributed by atoms with Crippen molar-refractivity contribution in [3.8, 4) is 0 Å². The minimum Gasteiger partial charge on any atom is -0.195 e. The molecule has 1 atom stereocenters. The number of hydrogen-bond acceptors (Lipinski definition) is 0. The number of benzene rings is 2. The van der Waals surface area contributed by atoms with Crippen LogP contribution >= 0.6 is 0 Å². The van der Waals surface area contributed by atoms with Gasteiger partial charge in [-0.3, -0.25) is 0 Å². The first-order valence-corrected chi connectivity index (χ1v) is 10.4. The van der Waals surface area contributed by atoms with E-state index in [1.165, 1.54) is 28.1 Å². The molecule has 1 unspecified atom stereocenters. The predicted molar refractivity (Wildman–Crippen MR) is 116 cm³/mol. The van der Waals surface area contributed by atoms with Gasteiger partial charge in [0.15, 0.2) is 5.71 Å². The van der Waals surface area contributed by atoms with Crippen molar-refractivity contribution >= 4 is 11.4 Å². The summed E-state index contributed by atoms with van der Waals surface area (Å²) < 4.78 is 2.52. The maximum Gasteiger partial charge on any atom is 0.209 e. The Labute approximate surface area is 164 Å². The van der Waals surface area contributed by atoms with E-state index in [-0.39, 0.29) is 10.8 Å². The van der Waals surface area contributed by atoms with Crippen LogP contribution in [0.15, 0.2) is 60.2 Å². The smallest absolute Gasteiger partial charge is 0.195 e. The standard InChI is InChI=1S/C26H32N/c1-7-18-19-13-9-10-14-20(19)25(3,4)22(18)17-24-26(5,6)21-15-11-12-16-23(21)27(24)8-2/h9-18H,7-8H2,1-6H3/q+1. The SMILES string of the molecule is CCC1C(=CC2=[N+](CC)c3ccccc3C2(C)C)C(C)(C)c2ccccc21. The molecular weight excluding hydrogens is 326 g/mol. The molecule has 1 aliphatic heterocycles. The van der Waals surface area contributed by atoms with Crippen LogP contribution in [0.2, 0.25) is 0 Å². The third-order valence-corrected chi connectivity index (χ3v) is 6.92. The average molecular weight is 359 g/mol. The lowest BCUT2D eigenvalue weighted by atomic mass is 9.76. The van der Waals surface area contributed by atoms with Crippen LogP contribution < -0.4 is 0 Å². The maximum atomic E-state index is 2.55. The van der Waals surface area contributed by atoms with Gasteiger partial charge in [0.1, 0.15) is 6.54 Å². The average Bonchev–Trinajstić information content (AvgIpc) is 3.01. The van der Waals surface area contributed by atoms with Gasteiger partial charge >= 0.3 is 0 Å². The van der Waals surface area contributed by atoms with E-state index in [1.807, 2.05) is 0 Å². The van der Waals surface area contributed by atoms with Crippen LogP contribution in [0.1, 0.15) is 70.6 Å². The molecular formula is C26H32N+. The summed E-state index contributed by atoms with van der Waals surface area (Å²) in [6.45, 7) is 15.2. The minimum atomic E-state index is 0.0305. The van der Waals surface area contributed by atoms with Crippen LogP contribution in [-0.2, 0) is 10.8 Å². The van der Waals surface area contributed by atoms with E-state index in [0.29, 0.717) is 5.92 Å². The lowest BCUT2D eigenvalue weighted by molar-refractivity contribution is -0.433. The van der Waals surface area contributed by atoms with E-state index >= 15 is 0 Å². The highest BCUT2D eigenvalue weighted by atomic mass is 15.0. The van der Waals surface area contributed by atoms with Gasteiger partial charge in [-0.2, -0.15) is 4.58 Å². The number of para-hydroxylation sites is 1. The van der Waals surface area contributed by atoms with E-state index in [2.05, 4.69) is 101 Å². The van der Waals surface area contributed by atoms with Gasteiger partial charge in [-0.05, 0) is 43.9 Å². The molecule has 4 rings (SSSR count). The van der Waals surface area contributed by atoms with Crippen LogP contribution in [0.3, 0.4) is 0 Å². The highest BCUT2D eigenvalue weighted by Crippen LogP contribution is 2.52. The first kappa shape index (κ1) is 18.2. The summed E-state index contributed by atoms with van der Waals surface area (Å²) in [4.78, 5) is 0. The number of fused-ring (bicyclic) bond motifs is 2. The van der Waals surface area contributed by atoms with Crippen LogP contribution in [0.25, 0.3) is 0 Å². The molecule has 2 aromatic carbocycles. The second kappa shape index (κ2) is 6.19. The zero-order chi connectivity index (χ0) is 19.4. The van der Waals surface area contributed by atoms with Crippen molar-refractivity contribution in [3.63, 3.8) is 0 Å². The van der Waals surface area contributed by atoms with Crippen molar-refractivity contribution in [1.29, 1.82) is 0 Å². The maximum absolute atomic E-state index is 2.55. The Kier molecular flexibility index (Phi) is 4.18. The lowest BCUT2D eigenvalue weighted by Crippen LogP contribution is -2.29. The fraction of sp³-hybridized carbons (Fsp3) is 0.423. The molecule has 1 aliphatic carbocycles. The molecule has 140 valence electrons. The summed E-state index contributed by atoms with van der Waals surface area (Å²) in [5.74, 6) is 0.516. The minimum absolute atomic E-state index is 0.0305. The zero-order valence-electron chi connectivity index (χ0n) is 17.6. The summed E-state index contributed by atoms with van der Waals surface area (Å²) in [5.41, 5.74) is 8.96.